The van der Waals surface area contributed by atoms with Crippen molar-refractivity contribution in [3.63, 3.8) is 0 Å². The quantitative estimate of drug-likeness (QED) is 0.828. The molecule has 0 bridgehead atoms. The second-order valence-electron chi connectivity index (χ2n) is 7.73. The van der Waals surface area contributed by atoms with Crippen LogP contribution in [0, 0.1) is 0 Å². The largest absolute Gasteiger partial charge is 0.392 e. The molecule has 3 saturated heterocycles. The lowest BCUT2D eigenvalue weighted by Crippen LogP contribution is -2.79. The van der Waals surface area contributed by atoms with Crippen LogP contribution in [0.15, 0.2) is 30.3 Å². The summed E-state index contributed by atoms with van der Waals surface area (Å²) in [7, 11) is 0. The molecular weight excluding hydrogens is 318 g/mol. The van der Waals surface area contributed by atoms with E-state index in [1.807, 2.05) is 40.1 Å². The molecule has 3 aliphatic heterocycles. The molecule has 3 fully saturated rings. The van der Waals surface area contributed by atoms with Crippen molar-refractivity contribution >= 4 is 11.8 Å². The smallest absolute Gasteiger partial charge is 0.227 e. The maximum atomic E-state index is 12.8. The van der Waals surface area contributed by atoms with Gasteiger partial charge in [-0.2, -0.15) is 0 Å². The van der Waals surface area contributed by atoms with E-state index in [1.54, 1.807) is 6.92 Å². The van der Waals surface area contributed by atoms with Crippen molar-refractivity contribution in [3.8, 4) is 0 Å². The molecule has 0 unspecified atom stereocenters. The van der Waals surface area contributed by atoms with E-state index in [0.717, 1.165) is 5.56 Å². The number of nitrogens with zero attached hydrogens (tertiary/aromatic N) is 3. The van der Waals surface area contributed by atoms with E-state index in [4.69, 9.17) is 0 Å². The van der Waals surface area contributed by atoms with Crippen LogP contribution in [0.1, 0.15) is 18.9 Å². The summed E-state index contributed by atoms with van der Waals surface area (Å²) >= 11 is 0. The molecular formula is C19H25N3O3. The second kappa shape index (κ2) is 6.11. The van der Waals surface area contributed by atoms with Crippen LogP contribution in [-0.2, 0) is 16.0 Å². The Balaban J connectivity index is 1.51. The predicted molar refractivity (Wildman–Crippen MR) is 92.8 cm³/mol. The number of carbonyl (C=O) groups excluding carboxylic acids is 2. The highest BCUT2D eigenvalue weighted by Crippen LogP contribution is 2.39. The maximum absolute atomic E-state index is 12.8. The van der Waals surface area contributed by atoms with Crippen LogP contribution in [0.25, 0.3) is 0 Å². The molecule has 6 heteroatoms. The van der Waals surface area contributed by atoms with Crippen molar-refractivity contribution in [3.05, 3.63) is 35.9 Å². The monoisotopic (exact) mass is 343 g/mol. The zero-order chi connectivity index (χ0) is 17.6. The molecule has 25 heavy (non-hydrogen) atoms. The molecule has 1 aromatic carbocycles. The minimum Gasteiger partial charge on any atom is -0.392 e. The first-order chi connectivity index (χ1) is 12.0. The molecule has 134 valence electrons. The first kappa shape index (κ1) is 16.5. The summed E-state index contributed by atoms with van der Waals surface area (Å²) in [6.07, 6.45) is 0.775. The van der Waals surface area contributed by atoms with E-state index in [1.165, 1.54) is 0 Å². The molecule has 3 aliphatic rings. The van der Waals surface area contributed by atoms with Crippen molar-refractivity contribution in [2.24, 2.45) is 0 Å². The standard InChI is InChI=1S/C19H25N3O3/c1-14(23)21-12-19(13-21)11-20(9-16-8-17(24)10-22(16)19)18(25)7-15-5-3-2-4-6-15/h2-6,16-17,24H,7-13H2,1H3/t16-,17+/m0/s1. The van der Waals surface area contributed by atoms with E-state index < -0.39 is 0 Å². The van der Waals surface area contributed by atoms with Crippen molar-refractivity contribution in [1.82, 2.24) is 14.7 Å². The Hall–Kier alpha value is -1.92. The average Bonchev–Trinajstić information content (AvgIpc) is 2.92. The van der Waals surface area contributed by atoms with Gasteiger partial charge in [0.25, 0.3) is 0 Å². The molecule has 2 atom stereocenters. The van der Waals surface area contributed by atoms with Crippen molar-refractivity contribution < 1.29 is 14.7 Å². The summed E-state index contributed by atoms with van der Waals surface area (Å²) in [6.45, 7) is 4.86. The van der Waals surface area contributed by atoms with Crippen molar-refractivity contribution in [2.75, 3.05) is 32.7 Å². The summed E-state index contributed by atoms with van der Waals surface area (Å²) in [4.78, 5) is 30.6. The number of aliphatic hydroxyl groups excluding tert-OH is 1. The second-order valence-corrected chi connectivity index (χ2v) is 7.73. The van der Waals surface area contributed by atoms with Gasteiger partial charge in [-0.15, -0.1) is 0 Å². The van der Waals surface area contributed by atoms with Crippen LogP contribution in [0.3, 0.4) is 0 Å². The lowest BCUT2D eigenvalue weighted by Gasteiger charge is -2.60. The first-order valence-electron chi connectivity index (χ1n) is 8.99. The highest BCUT2D eigenvalue weighted by atomic mass is 16.3. The molecule has 1 N–H and O–H groups in total. The molecule has 0 saturated carbocycles. The third kappa shape index (κ3) is 2.93. The Morgan fingerprint density at radius 3 is 2.48 bits per heavy atom. The number of fused-ring (bicyclic) bond motifs is 2. The Labute approximate surface area is 148 Å². The molecule has 3 heterocycles. The minimum atomic E-state index is -0.336. The third-order valence-electron chi connectivity index (χ3n) is 5.88. The zero-order valence-electron chi connectivity index (χ0n) is 14.6. The Bertz CT molecular complexity index is 672. The molecule has 4 rings (SSSR count). The number of likely N-dealkylation sites (tertiary alicyclic amines) is 1. The average molecular weight is 343 g/mol. The van der Waals surface area contributed by atoms with E-state index in [-0.39, 0.29) is 29.5 Å². The summed E-state index contributed by atoms with van der Waals surface area (Å²) in [6, 6.07) is 10.00. The predicted octanol–water partition coefficient (Wildman–Crippen LogP) is 0.107. The Morgan fingerprint density at radius 1 is 1.12 bits per heavy atom. The summed E-state index contributed by atoms with van der Waals surface area (Å²) in [5.74, 6) is 0.211. The highest BCUT2D eigenvalue weighted by Gasteiger charge is 2.57. The van der Waals surface area contributed by atoms with Gasteiger partial charge in [0.15, 0.2) is 0 Å². The molecule has 1 spiro atoms. The van der Waals surface area contributed by atoms with Gasteiger partial charge in [0.2, 0.25) is 11.8 Å². The number of amides is 2. The number of piperazine rings is 1. The van der Waals surface area contributed by atoms with Gasteiger partial charge in [-0.05, 0) is 12.0 Å². The SMILES string of the molecule is CC(=O)N1CC2(C1)CN(C(=O)Cc1ccccc1)C[C@@H]1C[C@@H](O)CN12. The van der Waals surface area contributed by atoms with Crippen LogP contribution in [0.2, 0.25) is 0 Å². The van der Waals surface area contributed by atoms with E-state index in [0.29, 0.717) is 45.6 Å². The Kier molecular flexibility index (Phi) is 4.04. The van der Waals surface area contributed by atoms with E-state index in [2.05, 4.69) is 4.90 Å². The summed E-state index contributed by atoms with van der Waals surface area (Å²) < 4.78 is 0. The van der Waals surface area contributed by atoms with Gasteiger partial charge in [0.1, 0.15) is 0 Å². The molecule has 0 radical (unpaired) electrons. The van der Waals surface area contributed by atoms with Crippen molar-refractivity contribution in [2.45, 2.75) is 37.5 Å². The number of β-amino-alcohol motifs (C(OH)–C–C–N with tert-alkyl or cyclic N) is 1. The number of hydrogen-bond donors (Lipinski definition) is 1. The molecule has 2 amide bonds. The number of aliphatic hydroxyl groups is 1. The normalized spacial score (nSPS) is 27.9. The fourth-order valence-corrected chi connectivity index (χ4v) is 4.65. The lowest BCUT2D eigenvalue weighted by atomic mass is 9.83. The van der Waals surface area contributed by atoms with Crippen LogP contribution in [0.5, 0.6) is 0 Å². The van der Waals surface area contributed by atoms with Crippen molar-refractivity contribution in [1.29, 1.82) is 0 Å². The van der Waals surface area contributed by atoms with Crippen LogP contribution in [-0.4, -0.2) is 82.0 Å². The van der Waals surface area contributed by atoms with Gasteiger partial charge in [-0.25, -0.2) is 0 Å². The van der Waals surface area contributed by atoms with Gasteiger partial charge >= 0.3 is 0 Å². The van der Waals surface area contributed by atoms with E-state index in [9.17, 15) is 14.7 Å². The molecule has 1 aromatic rings. The molecule has 6 nitrogen and oxygen atoms in total. The summed E-state index contributed by atoms with van der Waals surface area (Å²) in [5, 5.41) is 10.1. The first-order valence-corrected chi connectivity index (χ1v) is 8.99. The van der Waals surface area contributed by atoms with Crippen LogP contribution < -0.4 is 0 Å². The van der Waals surface area contributed by atoms with Gasteiger partial charge in [0.05, 0.1) is 18.1 Å². The number of benzene rings is 1. The highest BCUT2D eigenvalue weighted by molar-refractivity contribution is 5.79. The topological polar surface area (TPSA) is 64.1 Å². The molecule has 0 aromatic heterocycles. The Morgan fingerprint density at radius 2 is 1.80 bits per heavy atom. The van der Waals surface area contributed by atoms with Gasteiger partial charge < -0.3 is 14.9 Å². The third-order valence-corrected chi connectivity index (χ3v) is 5.88. The number of carbonyl (C=O) groups is 2. The fraction of sp³-hybridized carbons (Fsp3) is 0.579. The lowest BCUT2D eigenvalue weighted by molar-refractivity contribution is -0.160. The molecule has 0 aliphatic carbocycles. The van der Waals surface area contributed by atoms with Gasteiger partial charge in [-0.3, -0.25) is 14.5 Å². The number of hydrogen-bond acceptors (Lipinski definition) is 4. The van der Waals surface area contributed by atoms with Gasteiger partial charge in [0, 0.05) is 45.7 Å². The minimum absolute atomic E-state index is 0.0784. The van der Waals surface area contributed by atoms with Crippen LogP contribution >= 0.6 is 0 Å². The fourth-order valence-electron chi connectivity index (χ4n) is 4.65. The van der Waals surface area contributed by atoms with Gasteiger partial charge in [-0.1, -0.05) is 30.3 Å². The van der Waals surface area contributed by atoms with E-state index >= 15 is 0 Å². The van der Waals surface area contributed by atoms with Crippen LogP contribution in [0.4, 0.5) is 0 Å². The summed E-state index contributed by atoms with van der Waals surface area (Å²) in [5.41, 5.74) is 0.840. The number of rotatable bonds is 2. The maximum Gasteiger partial charge on any atom is 0.227 e. The zero-order valence-corrected chi connectivity index (χ0v) is 14.6.